The van der Waals surface area contributed by atoms with E-state index in [-0.39, 0.29) is 0 Å². The van der Waals surface area contributed by atoms with Crippen molar-refractivity contribution in [1.29, 1.82) is 0 Å². The fourth-order valence-electron chi connectivity index (χ4n) is 1.19. The van der Waals surface area contributed by atoms with Gasteiger partial charge in [0.2, 0.25) is 0 Å². The van der Waals surface area contributed by atoms with Gasteiger partial charge in [-0.1, -0.05) is 13.8 Å². The van der Waals surface area contributed by atoms with Gasteiger partial charge in [-0.25, -0.2) is 0 Å². The second-order valence-corrected chi connectivity index (χ2v) is 4.10. The molecule has 66 valence electrons. The molecule has 0 aromatic heterocycles. The van der Waals surface area contributed by atoms with E-state index in [9.17, 15) is 0 Å². The second-order valence-electron chi connectivity index (χ2n) is 4.10. The van der Waals surface area contributed by atoms with Crippen molar-refractivity contribution in [1.82, 2.24) is 0 Å². The first-order valence-electron chi connectivity index (χ1n) is 4.81. The maximum atomic E-state index is 5.68. The fourth-order valence-corrected chi connectivity index (χ4v) is 1.19. The molecule has 1 atom stereocenters. The molecule has 1 rings (SSSR count). The number of hydrogen-bond acceptors (Lipinski definition) is 1. The summed E-state index contributed by atoms with van der Waals surface area (Å²) < 4.78 is 5.68. The van der Waals surface area contributed by atoms with Crippen LogP contribution in [-0.4, -0.2) is 12.7 Å². The molecule has 11 heavy (non-hydrogen) atoms. The first kappa shape index (κ1) is 9.05. The van der Waals surface area contributed by atoms with Gasteiger partial charge in [-0.05, 0) is 38.0 Å². The van der Waals surface area contributed by atoms with Gasteiger partial charge < -0.3 is 4.74 Å². The molecule has 0 aliphatic heterocycles. The fraction of sp³-hybridized carbons (Fsp3) is 1.00. The molecule has 0 N–H and O–H groups in total. The highest BCUT2D eigenvalue weighted by Crippen LogP contribution is 2.34. The summed E-state index contributed by atoms with van der Waals surface area (Å²) in [4.78, 5) is 0. The van der Waals surface area contributed by atoms with E-state index in [0.29, 0.717) is 6.10 Å². The lowest BCUT2D eigenvalue weighted by Crippen LogP contribution is -2.12. The lowest BCUT2D eigenvalue weighted by molar-refractivity contribution is 0.0447. The van der Waals surface area contributed by atoms with Crippen LogP contribution in [0.4, 0.5) is 0 Å². The minimum atomic E-state index is 0.522. The van der Waals surface area contributed by atoms with Crippen molar-refractivity contribution in [3.63, 3.8) is 0 Å². The maximum absolute atomic E-state index is 5.68. The van der Waals surface area contributed by atoms with Crippen LogP contribution in [0.5, 0.6) is 0 Å². The lowest BCUT2D eigenvalue weighted by Gasteiger charge is -2.12. The summed E-state index contributed by atoms with van der Waals surface area (Å²) in [5, 5.41) is 0. The van der Waals surface area contributed by atoms with Crippen molar-refractivity contribution < 1.29 is 4.74 Å². The van der Waals surface area contributed by atoms with Crippen LogP contribution in [0.1, 0.15) is 40.0 Å². The van der Waals surface area contributed by atoms with Gasteiger partial charge in [-0.2, -0.15) is 0 Å². The van der Waals surface area contributed by atoms with Crippen molar-refractivity contribution in [3.8, 4) is 0 Å². The quantitative estimate of drug-likeness (QED) is 0.594. The van der Waals surface area contributed by atoms with Crippen molar-refractivity contribution in [2.45, 2.75) is 46.1 Å². The third kappa shape index (κ3) is 3.76. The molecule has 0 heterocycles. The number of rotatable bonds is 5. The standard InChI is InChI=1S/C10H20O/c1-8(2)6-7-11-9(3)10-4-5-10/h8-10H,4-7H2,1-3H3. The SMILES string of the molecule is CC(C)CCOC(C)C1CC1. The molecule has 0 amide bonds. The highest BCUT2D eigenvalue weighted by molar-refractivity contribution is 4.78. The van der Waals surface area contributed by atoms with E-state index in [0.717, 1.165) is 18.4 Å². The largest absolute Gasteiger partial charge is 0.378 e. The van der Waals surface area contributed by atoms with Crippen molar-refractivity contribution in [3.05, 3.63) is 0 Å². The minimum Gasteiger partial charge on any atom is -0.378 e. The zero-order chi connectivity index (χ0) is 8.27. The Labute approximate surface area is 70.1 Å². The molecule has 1 nitrogen and oxygen atoms in total. The van der Waals surface area contributed by atoms with E-state index in [4.69, 9.17) is 4.74 Å². The topological polar surface area (TPSA) is 9.23 Å². The Morgan fingerprint density at radius 2 is 1.91 bits per heavy atom. The Bertz CT molecular complexity index is 105. The molecule has 0 aromatic carbocycles. The van der Waals surface area contributed by atoms with Crippen LogP contribution < -0.4 is 0 Å². The van der Waals surface area contributed by atoms with Gasteiger partial charge in [0.25, 0.3) is 0 Å². The van der Waals surface area contributed by atoms with Gasteiger partial charge in [-0.3, -0.25) is 0 Å². The average molecular weight is 156 g/mol. The normalized spacial score (nSPS) is 20.7. The molecular formula is C10H20O. The smallest absolute Gasteiger partial charge is 0.0575 e. The van der Waals surface area contributed by atoms with Gasteiger partial charge in [0.15, 0.2) is 0 Å². The van der Waals surface area contributed by atoms with Gasteiger partial charge in [0.05, 0.1) is 6.10 Å². The summed E-state index contributed by atoms with van der Waals surface area (Å²) in [5.41, 5.74) is 0. The van der Waals surface area contributed by atoms with Crippen LogP contribution in [0.15, 0.2) is 0 Å². The van der Waals surface area contributed by atoms with E-state index in [1.807, 2.05) is 0 Å². The van der Waals surface area contributed by atoms with Crippen LogP contribution >= 0.6 is 0 Å². The molecule has 1 unspecified atom stereocenters. The van der Waals surface area contributed by atoms with Gasteiger partial charge in [0.1, 0.15) is 0 Å². The van der Waals surface area contributed by atoms with Crippen LogP contribution in [-0.2, 0) is 4.74 Å². The first-order chi connectivity index (χ1) is 5.20. The molecule has 1 fully saturated rings. The zero-order valence-electron chi connectivity index (χ0n) is 7.97. The predicted molar refractivity (Wildman–Crippen MR) is 47.6 cm³/mol. The van der Waals surface area contributed by atoms with Crippen LogP contribution in [0, 0.1) is 11.8 Å². The Morgan fingerprint density at radius 1 is 1.27 bits per heavy atom. The molecule has 0 radical (unpaired) electrons. The van der Waals surface area contributed by atoms with Crippen LogP contribution in [0.2, 0.25) is 0 Å². The Kier molecular flexibility index (Phi) is 3.38. The van der Waals surface area contributed by atoms with E-state index in [2.05, 4.69) is 20.8 Å². The summed E-state index contributed by atoms with van der Waals surface area (Å²) >= 11 is 0. The van der Waals surface area contributed by atoms with Crippen LogP contribution in [0.3, 0.4) is 0 Å². The molecule has 0 spiro atoms. The van der Waals surface area contributed by atoms with Crippen molar-refractivity contribution in [2.75, 3.05) is 6.61 Å². The molecule has 0 saturated heterocycles. The van der Waals surface area contributed by atoms with Gasteiger partial charge in [-0.15, -0.1) is 0 Å². The van der Waals surface area contributed by atoms with E-state index >= 15 is 0 Å². The number of ether oxygens (including phenoxy) is 1. The highest BCUT2D eigenvalue weighted by Gasteiger charge is 2.28. The summed E-state index contributed by atoms with van der Waals surface area (Å²) in [6.45, 7) is 7.64. The highest BCUT2D eigenvalue weighted by atomic mass is 16.5. The monoisotopic (exact) mass is 156 g/mol. The van der Waals surface area contributed by atoms with E-state index in [1.54, 1.807) is 0 Å². The van der Waals surface area contributed by atoms with Crippen molar-refractivity contribution in [2.24, 2.45) is 11.8 Å². The molecule has 1 aliphatic rings. The predicted octanol–water partition coefficient (Wildman–Crippen LogP) is 2.85. The molecular weight excluding hydrogens is 136 g/mol. The summed E-state index contributed by atoms with van der Waals surface area (Å²) in [7, 11) is 0. The van der Waals surface area contributed by atoms with E-state index < -0.39 is 0 Å². The maximum Gasteiger partial charge on any atom is 0.0575 e. The molecule has 0 aromatic rings. The first-order valence-corrected chi connectivity index (χ1v) is 4.81. The Morgan fingerprint density at radius 3 is 2.36 bits per heavy atom. The molecule has 1 aliphatic carbocycles. The molecule has 1 heteroatoms. The zero-order valence-corrected chi connectivity index (χ0v) is 7.97. The third-order valence-electron chi connectivity index (χ3n) is 2.36. The Hall–Kier alpha value is -0.0400. The average Bonchev–Trinajstić information content (AvgIpc) is 2.66. The summed E-state index contributed by atoms with van der Waals surface area (Å²) in [6.07, 6.45) is 4.51. The summed E-state index contributed by atoms with van der Waals surface area (Å²) in [5.74, 6) is 1.67. The third-order valence-corrected chi connectivity index (χ3v) is 2.36. The molecule has 0 bridgehead atoms. The Balaban J connectivity index is 1.93. The van der Waals surface area contributed by atoms with E-state index in [1.165, 1.54) is 19.3 Å². The number of hydrogen-bond donors (Lipinski definition) is 0. The summed E-state index contributed by atoms with van der Waals surface area (Å²) in [6, 6.07) is 0. The molecule has 1 saturated carbocycles. The van der Waals surface area contributed by atoms with Gasteiger partial charge in [0, 0.05) is 6.61 Å². The van der Waals surface area contributed by atoms with Crippen molar-refractivity contribution >= 4 is 0 Å². The lowest BCUT2D eigenvalue weighted by atomic mass is 10.1. The minimum absolute atomic E-state index is 0.522. The second kappa shape index (κ2) is 4.10. The van der Waals surface area contributed by atoms with Gasteiger partial charge >= 0.3 is 0 Å². The van der Waals surface area contributed by atoms with Crippen LogP contribution in [0.25, 0.3) is 0 Å².